The Labute approximate surface area is 126 Å². The maximum absolute atomic E-state index is 6.12. The minimum Gasteiger partial charge on any atom is -0.493 e. The van der Waals surface area contributed by atoms with Crippen LogP contribution in [0.2, 0.25) is 5.02 Å². The van der Waals surface area contributed by atoms with Crippen LogP contribution in [0.5, 0.6) is 5.75 Å². The number of hydrogen-bond donors (Lipinski definition) is 1. The van der Waals surface area contributed by atoms with E-state index < -0.39 is 0 Å². The third kappa shape index (κ3) is 4.37. The highest BCUT2D eigenvalue weighted by atomic mass is 35.5. The van der Waals surface area contributed by atoms with Crippen LogP contribution in [-0.2, 0) is 4.74 Å². The molecule has 4 heteroatoms. The Morgan fingerprint density at radius 2 is 2.35 bits per heavy atom. The van der Waals surface area contributed by atoms with Gasteiger partial charge in [-0.05, 0) is 44.5 Å². The fourth-order valence-electron chi connectivity index (χ4n) is 2.38. The lowest BCUT2D eigenvalue weighted by Crippen LogP contribution is -2.21. The van der Waals surface area contributed by atoms with Crippen LogP contribution in [0.1, 0.15) is 38.3 Å². The fraction of sp³-hybridized carbons (Fsp3) is 0.625. The third-order valence-electron chi connectivity index (χ3n) is 3.64. The average molecular weight is 298 g/mol. The zero-order chi connectivity index (χ0) is 14.4. The van der Waals surface area contributed by atoms with E-state index in [-0.39, 0.29) is 6.04 Å². The Morgan fingerprint density at radius 1 is 1.50 bits per heavy atom. The number of hydrogen-bond acceptors (Lipinski definition) is 3. The monoisotopic (exact) mass is 297 g/mol. The Kier molecular flexibility index (Phi) is 6.14. The standard InChI is InChI=1S/C16H24ClNO2/c1-3-7-18-12(2)15-9-14(17)4-5-16(15)20-11-13-6-8-19-10-13/h4-5,9,12-13,18H,3,6-8,10-11H2,1-2H3. The number of nitrogens with one attached hydrogen (secondary N) is 1. The second kappa shape index (κ2) is 7.87. The van der Waals surface area contributed by atoms with E-state index in [0.717, 1.165) is 55.5 Å². The van der Waals surface area contributed by atoms with Crippen LogP contribution in [0.15, 0.2) is 18.2 Å². The number of ether oxygens (including phenoxy) is 2. The molecule has 0 aromatic heterocycles. The molecule has 1 aromatic rings. The first-order chi connectivity index (χ1) is 9.70. The summed E-state index contributed by atoms with van der Waals surface area (Å²) in [5.41, 5.74) is 1.13. The minimum absolute atomic E-state index is 0.239. The molecule has 0 bridgehead atoms. The van der Waals surface area contributed by atoms with Gasteiger partial charge in [-0.1, -0.05) is 18.5 Å². The molecule has 0 aliphatic carbocycles. The molecule has 0 radical (unpaired) electrons. The highest BCUT2D eigenvalue weighted by Crippen LogP contribution is 2.29. The lowest BCUT2D eigenvalue weighted by Gasteiger charge is -2.19. The van der Waals surface area contributed by atoms with Crippen molar-refractivity contribution >= 4 is 11.6 Å². The SMILES string of the molecule is CCCNC(C)c1cc(Cl)ccc1OCC1CCOC1. The van der Waals surface area contributed by atoms with Crippen LogP contribution in [0.4, 0.5) is 0 Å². The van der Waals surface area contributed by atoms with E-state index in [0.29, 0.717) is 5.92 Å². The Morgan fingerprint density at radius 3 is 3.05 bits per heavy atom. The van der Waals surface area contributed by atoms with E-state index in [1.165, 1.54) is 0 Å². The zero-order valence-electron chi connectivity index (χ0n) is 12.3. The molecule has 112 valence electrons. The van der Waals surface area contributed by atoms with Gasteiger partial charge in [0, 0.05) is 29.2 Å². The van der Waals surface area contributed by atoms with E-state index in [1.54, 1.807) is 0 Å². The summed E-state index contributed by atoms with van der Waals surface area (Å²) < 4.78 is 11.4. The van der Waals surface area contributed by atoms with Crippen molar-refractivity contribution in [2.75, 3.05) is 26.4 Å². The van der Waals surface area contributed by atoms with Gasteiger partial charge in [0.2, 0.25) is 0 Å². The van der Waals surface area contributed by atoms with Crippen LogP contribution >= 0.6 is 11.6 Å². The van der Waals surface area contributed by atoms with Gasteiger partial charge < -0.3 is 14.8 Å². The molecule has 1 aromatic carbocycles. The van der Waals surface area contributed by atoms with Crippen LogP contribution < -0.4 is 10.1 Å². The molecule has 1 aliphatic rings. The van der Waals surface area contributed by atoms with Crippen LogP contribution in [-0.4, -0.2) is 26.4 Å². The fourth-order valence-corrected chi connectivity index (χ4v) is 2.56. The van der Waals surface area contributed by atoms with Crippen LogP contribution in [0.3, 0.4) is 0 Å². The van der Waals surface area contributed by atoms with Gasteiger partial charge in [0.05, 0.1) is 13.2 Å². The van der Waals surface area contributed by atoms with Crippen molar-refractivity contribution < 1.29 is 9.47 Å². The molecule has 1 N–H and O–H groups in total. The number of halogens is 1. The number of benzene rings is 1. The Balaban J connectivity index is 2.02. The first-order valence-electron chi connectivity index (χ1n) is 7.44. The molecule has 1 saturated heterocycles. The van der Waals surface area contributed by atoms with Crippen LogP contribution in [0, 0.1) is 5.92 Å². The molecule has 1 fully saturated rings. The summed E-state index contributed by atoms with van der Waals surface area (Å²) >= 11 is 6.12. The maximum Gasteiger partial charge on any atom is 0.124 e. The summed E-state index contributed by atoms with van der Waals surface area (Å²) in [7, 11) is 0. The van der Waals surface area contributed by atoms with Crippen molar-refractivity contribution in [3.8, 4) is 5.75 Å². The third-order valence-corrected chi connectivity index (χ3v) is 3.87. The molecule has 0 amide bonds. The summed E-state index contributed by atoms with van der Waals surface area (Å²) in [6.45, 7) is 7.68. The summed E-state index contributed by atoms with van der Waals surface area (Å²) in [6, 6.07) is 6.09. The van der Waals surface area contributed by atoms with Crippen molar-refractivity contribution in [2.45, 2.75) is 32.7 Å². The summed E-state index contributed by atoms with van der Waals surface area (Å²) in [5.74, 6) is 1.44. The Bertz CT molecular complexity index is 419. The molecule has 0 saturated carbocycles. The van der Waals surface area contributed by atoms with E-state index in [9.17, 15) is 0 Å². The molecule has 2 rings (SSSR count). The van der Waals surface area contributed by atoms with Gasteiger partial charge in [-0.25, -0.2) is 0 Å². The molecular formula is C16H24ClNO2. The van der Waals surface area contributed by atoms with Crippen LogP contribution in [0.25, 0.3) is 0 Å². The lowest BCUT2D eigenvalue weighted by atomic mass is 10.1. The minimum atomic E-state index is 0.239. The smallest absolute Gasteiger partial charge is 0.124 e. The molecule has 2 atom stereocenters. The second-order valence-electron chi connectivity index (χ2n) is 5.40. The van der Waals surface area contributed by atoms with E-state index in [4.69, 9.17) is 21.1 Å². The van der Waals surface area contributed by atoms with Gasteiger partial charge >= 0.3 is 0 Å². The van der Waals surface area contributed by atoms with E-state index in [2.05, 4.69) is 19.2 Å². The van der Waals surface area contributed by atoms with Crippen molar-refractivity contribution in [3.63, 3.8) is 0 Å². The second-order valence-corrected chi connectivity index (χ2v) is 5.84. The quantitative estimate of drug-likeness (QED) is 0.830. The topological polar surface area (TPSA) is 30.5 Å². The van der Waals surface area contributed by atoms with Gasteiger partial charge in [0.1, 0.15) is 5.75 Å². The molecule has 1 aliphatic heterocycles. The summed E-state index contributed by atoms with van der Waals surface area (Å²) in [4.78, 5) is 0. The molecule has 1 heterocycles. The highest BCUT2D eigenvalue weighted by molar-refractivity contribution is 6.30. The number of rotatable bonds is 7. The predicted molar refractivity (Wildman–Crippen MR) is 82.6 cm³/mol. The summed E-state index contributed by atoms with van der Waals surface area (Å²) in [5, 5.41) is 4.23. The molecule has 20 heavy (non-hydrogen) atoms. The van der Waals surface area contributed by atoms with Gasteiger partial charge in [-0.3, -0.25) is 0 Å². The van der Waals surface area contributed by atoms with Crippen molar-refractivity contribution in [3.05, 3.63) is 28.8 Å². The normalized spacial score (nSPS) is 20.1. The van der Waals surface area contributed by atoms with Crippen molar-refractivity contribution in [2.24, 2.45) is 5.92 Å². The highest BCUT2D eigenvalue weighted by Gasteiger charge is 2.18. The molecule has 0 spiro atoms. The largest absolute Gasteiger partial charge is 0.493 e. The first-order valence-corrected chi connectivity index (χ1v) is 7.82. The predicted octanol–water partition coefficient (Wildman–Crippen LogP) is 3.82. The van der Waals surface area contributed by atoms with E-state index >= 15 is 0 Å². The Hall–Kier alpha value is -0.770. The van der Waals surface area contributed by atoms with Gasteiger partial charge in [0.15, 0.2) is 0 Å². The first kappa shape index (κ1) is 15.6. The zero-order valence-corrected chi connectivity index (χ0v) is 13.1. The van der Waals surface area contributed by atoms with Crippen molar-refractivity contribution in [1.29, 1.82) is 0 Å². The summed E-state index contributed by atoms with van der Waals surface area (Å²) in [6.07, 6.45) is 2.20. The molecule has 2 unspecified atom stereocenters. The average Bonchev–Trinajstić information content (AvgIpc) is 2.96. The van der Waals surface area contributed by atoms with E-state index in [1.807, 2.05) is 18.2 Å². The molecule has 3 nitrogen and oxygen atoms in total. The van der Waals surface area contributed by atoms with Crippen molar-refractivity contribution in [1.82, 2.24) is 5.32 Å². The maximum atomic E-state index is 6.12. The van der Waals surface area contributed by atoms with Gasteiger partial charge in [-0.15, -0.1) is 0 Å². The lowest BCUT2D eigenvalue weighted by molar-refractivity contribution is 0.166. The van der Waals surface area contributed by atoms with Gasteiger partial charge in [-0.2, -0.15) is 0 Å². The van der Waals surface area contributed by atoms with Gasteiger partial charge in [0.25, 0.3) is 0 Å². The molecular weight excluding hydrogens is 274 g/mol.